The summed E-state index contributed by atoms with van der Waals surface area (Å²) in [4.78, 5) is 38.9. The van der Waals surface area contributed by atoms with Crippen molar-refractivity contribution in [2.24, 2.45) is 5.92 Å². The smallest absolute Gasteiger partial charge is 0.257 e. The maximum Gasteiger partial charge on any atom is 0.257 e. The summed E-state index contributed by atoms with van der Waals surface area (Å²) in [6.45, 7) is 3.95. The Labute approximate surface area is 180 Å². The average Bonchev–Trinajstić information content (AvgIpc) is 2.89. The van der Waals surface area contributed by atoms with E-state index < -0.39 is 33.6 Å². The van der Waals surface area contributed by atoms with Gasteiger partial charge in [-0.15, -0.1) is 12.3 Å². The van der Waals surface area contributed by atoms with Crippen LogP contribution in [0.2, 0.25) is 0 Å². The molecule has 0 radical (unpaired) electrons. The topological polar surface area (TPSA) is 75.7 Å². The van der Waals surface area contributed by atoms with E-state index in [2.05, 4.69) is 11.2 Å². The Morgan fingerprint density at radius 3 is 2.54 bits per heavy atom. The first-order chi connectivity index (χ1) is 13.0. The molecule has 1 heterocycles. The van der Waals surface area contributed by atoms with Gasteiger partial charge in [-0.1, -0.05) is 48.7 Å². The minimum Gasteiger partial charge on any atom is -0.499 e. The zero-order chi connectivity index (χ0) is 21.5. The molecule has 1 unspecified atom stereocenters. The highest BCUT2D eigenvalue weighted by Gasteiger charge is 2.41. The van der Waals surface area contributed by atoms with E-state index in [1.165, 1.54) is 13.2 Å². The second-order valence-electron chi connectivity index (χ2n) is 6.92. The minimum atomic E-state index is -1.59. The minimum absolute atomic E-state index is 0.0188. The van der Waals surface area contributed by atoms with Gasteiger partial charge < -0.3 is 10.1 Å². The van der Waals surface area contributed by atoms with Crippen LogP contribution >= 0.6 is 34.8 Å². The van der Waals surface area contributed by atoms with Crippen LogP contribution in [0.4, 0.5) is 0 Å². The zero-order valence-electron chi connectivity index (χ0n) is 16.1. The Morgan fingerprint density at radius 1 is 1.39 bits per heavy atom. The van der Waals surface area contributed by atoms with Gasteiger partial charge in [0.2, 0.25) is 5.91 Å². The molecule has 1 N–H and O–H groups in total. The van der Waals surface area contributed by atoms with Crippen LogP contribution < -0.4 is 5.32 Å². The second kappa shape index (κ2) is 10.9. The summed E-state index contributed by atoms with van der Waals surface area (Å²) in [5.74, 6) is 1.50. The van der Waals surface area contributed by atoms with E-state index in [1.54, 1.807) is 0 Å². The maximum absolute atomic E-state index is 13.2. The molecule has 156 valence electrons. The molecular weight excluding hydrogens is 427 g/mol. The summed E-state index contributed by atoms with van der Waals surface area (Å²) in [5.41, 5.74) is 0. The molecule has 1 aliphatic rings. The standard InChI is InChI=1S/C19H25Cl3N2O4/c1-5-6-7-16(25)23-13(8-9-19(20,21)22)18(27)24-14(10-12(2)3)15(28-4)11-17(24)26/h1,11-14H,6-10H2,2-4H3,(H,23,25)/t13-,14?/m1/s1. The number of carbonyl (C=O) groups is 3. The number of nitrogens with zero attached hydrogens (tertiary/aromatic N) is 1. The second-order valence-corrected chi connectivity index (χ2v) is 9.44. The van der Waals surface area contributed by atoms with E-state index in [-0.39, 0.29) is 31.6 Å². The molecule has 0 aromatic rings. The van der Waals surface area contributed by atoms with Crippen molar-refractivity contribution >= 4 is 52.5 Å². The number of terminal acetylenes is 1. The van der Waals surface area contributed by atoms with Gasteiger partial charge in [-0.3, -0.25) is 19.3 Å². The maximum atomic E-state index is 13.2. The van der Waals surface area contributed by atoms with Crippen molar-refractivity contribution in [1.29, 1.82) is 0 Å². The molecule has 0 saturated heterocycles. The fourth-order valence-electron chi connectivity index (χ4n) is 2.88. The van der Waals surface area contributed by atoms with Crippen molar-refractivity contribution < 1.29 is 19.1 Å². The van der Waals surface area contributed by atoms with Crippen molar-refractivity contribution in [2.45, 2.75) is 61.8 Å². The van der Waals surface area contributed by atoms with E-state index in [0.29, 0.717) is 12.2 Å². The lowest BCUT2D eigenvalue weighted by molar-refractivity contribution is -0.146. The van der Waals surface area contributed by atoms with Crippen LogP contribution in [-0.4, -0.2) is 45.6 Å². The number of halogens is 3. The lowest BCUT2D eigenvalue weighted by Gasteiger charge is -2.30. The molecule has 0 aromatic heterocycles. The molecule has 0 aliphatic carbocycles. The fraction of sp³-hybridized carbons (Fsp3) is 0.632. The first kappa shape index (κ1) is 24.6. The molecule has 0 bridgehead atoms. The summed E-state index contributed by atoms with van der Waals surface area (Å²) >= 11 is 17.4. The largest absolute Gasteiger partial charge is 0.499 e. The number of amides is 3. The molecule has 0 saturated carbocycles. The van der Waals surface area contributed by atoms with Crippen LogP contribution in [0.3, 0.4) is 0 Å². The molecule has 1 aliphatic heterocycles. The first-order valence-electron chi connectivity index (χ1n) is 8.92. The van der Waals surface area contributed by atoms with E-state index in [0.717, 1.165) is 4.90 Å². The number of ether oxygens (including phenoxy) is 1. The van der Waals surface area contributed by atoms with Gasteiger partial charge in [-0.25, -0.2) is 0 Å². The van der Waals surface area contributed by atoms with Gasteiger partial charge in [0.25, 0.3) is 11.8 Å². The van der Waals surface area contributed by atoms with Crippen LogP contribution in [-0.2, 0) is 19.1 Å². The van der Waals surface area contributed by atoms with Gasteiger partial charge in [-0.2, -0.15) is 0 Å². The predicted molar refractivity (Wildman–Crippen MR) is 110 cm³/mol. The number of hydrogen-bond acceptors (Lipinski definition) is 4. The van der Waals surface area contributed by atoms with Crippen molar-refractivity contribution in [3.63, 3.8) is 0 Å². The average molecular weight is 452 g/mol. The first-order valence-corrected chi connectivity index (χ1v) is 10.1. The molecule has 0 fully saturated rings. The van der Waals surface area contributed by atoms with Gasteiger partial charge in [0, 0.05) is 18.9 Å². The monoisotopic (exact) mass is 450 g/mol. The quantitative estimate of drug-likeness (QED) is 0.431. The Hall–Kier alpha value is -1.42. The Balaban J connectivity index is 3.05. The molecular formula is C19H25Cl3N2O4. The van der Waals surface area contributed by atoms with Crippen LogP contribution in [0.5, 0.6) is 0 Å². The van der Waals surface area contributed by atoms with Gasteiger partial charge >= 0.3 is 0 Å². The van der Waals surface area contributed by atoms with Gasteiger partial charge in [0.1, 0.15) is 11.8 Å². The van der Waals surface area contributed by atoms with Gasteiger partial charge in [0.05, 0.1) is 13.2 Å². The molecule has 1 rings (SSSR count). The fourth-order valence-corrected chi connectivity index (χ4v) is 3.21. The Kier molecular flexibility index (Phi) is 9.62. The summed E-state index contributed by atoms with van der Waals surface area (Å²) in [6.07, 6.45) is 7.34. The lowest BCUT2D eigenvalue weighted by atomic mass is 10.0. The van der Waals surface area contributed by atoms with E-state index in [4.69, 9.17) is 46.0 Å². The molecule has 0 aromatic carbocycles. The third kappa shape index (κ3) is 7.54. The molecule has 9 heteroatoms. The van der Waals surface area contributed by atoms with Crippen LogP contribution in [0.1, 0.15) is 46.0 Å². The molecule has 28 heavy (non-hydrogen) atoms. The van der Waals surface area contributed by atoms with E-state index in [9.17, 15) is 14.4 Å². The predicted octanol–water partition coefficient (Wildman–Crippen LogP) is 3.35. The highest BCUT2D eigenvalue weighted by atomic mass is 35.6. The Morgan fingerprint density at radius 2 is 2.04 bits per heavy atom. The highest BCUT2D eigenvalue weighted by Crippen LogP contribution is 2.33. The van der Waals surface area contributed by atoms with Crippen molar-refractivity contribution in [3.05, 3.63) is 11.8 Å². The SMILES string of the molecule is C#CCCC(=O)N[C@H](CCC(Cl)(Cl)Cl)C(=O)N1C(=O)C=C(OC)C1CC(C)C. The number of nitrogens with one attached hydrogen (secondary N) is 1. The van der Waals surface area contributed by atoms with Crippen LogP contribution in [0.25, 0.3) is 0 Å². The molecule has 3 amide bonds. The summed E-state index contributed by atoms with van der Waals surface area (Å²) in [5, 5.41) is 2.61. The molecule has 0 spiro atoms. The number of carbonyl (C=O) groups excluding carboxylic acids is 3. The summed E-state index contributed by atoms with van der Waals surface area (Å²) < 4.78 is 3.68. The molecule has 2 atom stereocenters. The lowest BCUT2D eigenvalue weighted by Crippen LogP contribution is -2.52. The third-order valence-electron chi connectivity index (χ3n) is 4.16. The van der Waals surface area contributed by atoms with Crippen molar-refractivity contribution in [1.82, 2.24) is 10.2 Å². The van der Waals surface area contributed by atoms with Gasteiger partial charge in [-0.05, 0) is 25.2 Å². The number of alkyl halides is 3. The number of rotatable bonds is 9. The summed E-state index contributed by atoms with van der Waals surface area (Å²) in [7, 11) is 1.45. The number of hydrogen-bond donors (Lipinski definition) is 1. The summed E-state index contributed by atoms with van der Waals surface area (Å²) in [6, 6.07) is -1.56. The van der Waals surface area contributed by atoms with Crippen molar-refractivity contribution in [3.8, 4) is 12.3 Å². The van der Waals surface area contributed by atoms with E-state index in [1.807, 2.05) is 13.8 Å². The van der Waals surface area contributed by atoms with Gasteiger partial charge in [0.15, 0.2) is 3.79 Å². The van der Waals surface area contributed by atoms with Crippen molar-refractivity contribution in [2.75, 3.05) is 7.11 Å². The molecule has 6 nitrogen and oxygen atoms in total. The Bertz CT molecular complexity index is 665. The van der Waals surface area contributed by atoms with Crippen LogP contribution in [0, 0.1) is 18.3 Å². The highest BCUT2D eigenvalue weighted by molar-refractivity contribution is 6.67. The number of methoxy groups -OCH3 is 1. The third-order valence-corrected chi connectivity index (χ3v) is 4.72. The van der Waals surface area contributed by atoms with E-state index >= 15 is 0 Å². The zero-order valence-corrected chi connectivity index (χ0v) is 18.4. The normalized spacial score (nSPS) is 17.9. The number of imide groups is 1. The van der Waals surface area contributed by atoms with Crippen LogP contribution in [0.15, 0.2) is 11.8 Å².